The molecule has 0 aromatic carbocycles. The molecule has 0 amide bonds. The summed E-state index contributed by atoms with van der Waals surface area (Å²) in [6.07, 6.45) is 0.553. The Balaban J connectivity index is 2.60. The minimum absolute atomic E-state index is 0.264. The van der Waals surface area contributed by atoms with Gasteiger partial charge in [-0.3, -0.25) is 0 Å². The molecule has 0 spiro atoms. The summed E-state index contributed by atoms with van der Waals surface area (Å²) < 4.78 is 4.41. The van der Waals surface area contributed by atoms with Crippen molar-refractivity contribution in [3.8, 4) is 0 Å². The van der Waals surface area contributed by atoms with Crippen LogP contribution in [0.25, 0.3) is 0 Å². The predicted octanol–water partition coefficient (Wildman–Crippen LogP) is 2.01. The Morgan fingerprint density at radius 1 is 1.38 bits per heavy atom. The first-order valence-electron chi connectivity index (χ1n) is 3.53. The lowest BCUT2D eigenvalue weighted by Crippen LogP contribution is -1.97. The first-order chi connectivity index (χ1) is 6.22. The van der Waals surface area contributed by atoms with Crippen molar-refractivity contribution in [2.45, 2.75) is 6.42 Å². The van der Waals surface area contributed by atoms with Crippen LogP contribution in [0.3, 0.4) is 0 Å². The second-order valence-corrected chi connectivity index (χ2v) is 3.08. The zero-order valence-corrected chi connectivity index (χ0v) is 8.10. The molecule has 0 aliphatic heterocycles. The lowest BCUT2D eigenvalue weighted by molar-refractivity contribution is 0.282. The summed E-state index contributed by atoms with van der Waals surface area (Å²) in [6.45, 7) is 1.60. The summed E-state index contributed by atoms with van der Waals surface area (Å²) in [6, 6.07) is 3.34. The van der Waals surface area contributed by atoms with Gasteiger partial charge in [0, 0.05) is 6.42 Å². The van der Waals surface area contributed by atoms with Crippen LogP contribution < -0.4 is 0 Å². The van der Waals surface area contributed by atoms with E-state index in [0.717, 1.165) is 5.56 Å². The minimum atomic E-state index is 0.264. The number of hydrogen-bond donors (Lipinski definition) is 0. The Hall–Kier alpha value is -0.800. The van der Waals surface area contributed by atoms with Gasteiger partial charge in [0.25, 0.3) is 0 Å². The Labute approximate surface area is 85.6 Å². The van der Waals surface area contributed by atoms with E-state index in [9.17, 15) is 4.79 Å². The number of halogens is 2. The highest BCUT2D eigenvalue weighted by atomic mass is 35.5. The van der Waals surface area contributed by atoms with Crippen LogP contribution in [0.2, 0.25) is 10.3 Å². The largest absolute Gasteiger partial charge is 0.457 e. The maximum absolute atomic E-state index is 9.72. The SMILES string of the molecule is O=[C]OCCc1cc(Cl)nc(Cl)c1. The quantitative estimate of drug-likeness (QED) is 0.574. The fourth-order valence-electron chi connectivity index (χ4n) is 0.869. The van der Waals surface area contributed by atoms with Crippen molar-refractivity contribution in [1.29, 1.82) is 0 Å². The first-order valence-corrected chi connectivity index (χ1v) is 4.29. The van der Waals surface area contributed by atoms with Crippen LogP contribution in [0.5, 0.6) is 0 Å². The molecule has 0 aliphatic rings. The summed E-state index contributed by atoms with van der Waals surface area (Å²) in [5.74, 6) is 0. The maximum Gasteiger partial charge on any atom is 0.417 e. The van der Waals surface area contributed by atoms with Crippen molar-refractivity contribution in [2.75, 3.05) is 6.61 Å². The molecule has 0 bridgehead atoms. The molecular formula is C8H6Cl2NO2. The van der Waals surface area contributed by atoms with Crippen LogP contribution in [0.4, 0.5) is 0 Å². The van der Waals surface area contributed by atoms with Gasteiger partial charge in [-0.05, 0) is 17.7 Å². The smallest absolute Gasteiger partial charge is 0.417 e. The van der Waals surface area contributed by atoms with Crippen LogP contribution in [0, 0.1) is 0 Å². The Bertz CT molecular complexity index is 284. The Morgan fingerprint density at radius 3 is 2.54 bits per heavy atom. The second-order valence-electron chi connectivity index (χ2n) is 2.30. The second kappa shape index (κ2) is 5.04. The number of pyridine rings is 1. The number of rotatable bonds is 4. The molecule has 69 valence electrons. The van der Waals surface area contributed by atoms with Crippen molar-refractivity contribution < 1.29 is 9.53 Å². The Morgan fingerprint density at radius 2 is 2.00 bits per heavy atom. The van der Waals surface area contributed by atoms with E-state index in [-0.39, 0.29) is 6.61 Å². The molecule has 0 saturated carbocycles. The van der Waals surface area contributed by atoms with Crippen LogP contribution in [-0.4, -0.2) is 18.1 Å². The number of hydrogen-bond acceptors (Lipinski definition) is 3. The fraction of sp³-hybridized carbons (Fsp3) is 0.250. The van der Waals surface area contributed by atoms with Gasteiger partial charge >= 0.3 is 6.47 Å². The van der Waals surface area contributed by atoms with E-state index in [1.54, 1.807) is 12.1 Å². The lowest BCUT2D eigenvalue weighted by Gasteiger charge is -2.00. The highest BCUT2D eigenvalue weighted by Gasteiger charge is 1.99. The molecule has 13 heavy (non-hydrogen) atoms. The van der Waals surface area contributed by atoms with Gasteiger partial charge in [0.2, 0.25) is 0 Å². The average molecular weight is 219 g/mol. The van der Waals surface area contributed by atoms with Crippen LogP contribution in [0.15, 0.2) is 12.1 Å². The topological polar surface area (TPSA) is 39.2 Å². The molecule has 1 aromatic heterocycles. The van der Waals surface area contributed by atoms with E-state index in [0.29, 0.717) is 16.7 Å². The van der Waals surface area contributed by atoms with E-state index in [2.05, 4.69) is 9.72 Å². The van der Waals surface area contributed by atoms with Crippen molar-refractivity contribution in [1.82, 2.24) is 4.98 Å². The van der Waals surface area contributed by atoms with Gasteiger partial charge in [0.15, 0.2) is 0 Å². The zero-order chi connectivity index (χ0) is 9.68. The first kappa shape index (κ1) is 10.3. The fourth-order valence-corrected chi connectivity index (χ4v) is 1.37. The zero-order valence-electron chi connectivity index (χ0n) is 6.59. The average Bonchev–Trinajstić information content (AvgIpc) is 2.03. The third-order valence-electron chi connectivity index (χ3n) is 1.37. The van der Waals surface area contributed by atoms with Gasteiger partial charge in [0.05, 0.1) is 6.61 Å². The molecule has 0 N–H and O–H groups in total. The van der Waals surface area contributed by atoms with E-state index in [1.807, 2.05) is 0 Å². The molecule has 0 unspecified atom stereocenters. The molecule has 1 aromatic rings. The van der Waals surface area contributed by atoms with Gasteiger partial charge in [-0.25, -0.2) is 9.78 Å². The highest BCUT2D eigenvalue weighted by molar-refractivity contribution is 6.32. The number of aromatic nitrogens is 1. The third kappa shape index (κ3) is 3.61. The molecule has 1 radical (unpaired) electrons. The minimum Gasteiger partial charge on any atom is -0.457 e. The molecule has 3 nitrogen and oxygen atoms in total. The van der Waals surface area contributed by atoms with Crippen molar-refractivity contribution in [3.05, 3.63) is 28.0 Å². The Kier molecular flexibility index (Phi) is 3.99. The molecule has 0 atom stereocenters. The van der Waals surface area contributed by atoms with Crippen LogP contribution in [0.1, 0.15) is 5.56 Å². The van der Waals surface area contributed by atoms with Crippen molar-refractivity contribution >= 4 is 29.7 Å². The summed E-state index contributed by atoms with van der Waals surface area (Å²) >= 11 is 11.3. The molecular weight excluding hydrogens is 213 g/mol. The molecule has 0 fully saturated rings. The monoisotopic (exact) mass is 218 g/mol. The number of ether oxygens (including phenoxy) is 1. The summed E-state index contributed by atoms with van der Waals surface area (Å²) in [7, 11) is 0. The molecule has 1 rings (SSSR count). The van der Waals surface area contributed by atoms with Gasteiger partial charge in [0.1, 0.15) is 10.3 Å². The van der Waals surface area contributed by atoms with E-state index < -0.39 is 0 Å². The van der Waals surface area contributed by atoms with E-state index >= 15 is 0 Å². The molecule has 0 saturated heterocycles. The highest BCUT2D eigenvalue weighted by Crippen LogP contribution is 2.14. The van der Waals surface area contributed by atoms with Gasteiger partial charge in [-0.1, -0.05) is 23.2 Å². The molecule has 5 heteroatoms. The van der Waals surface area contributed by atoms with Crippen molar-refractivity contribution in [3.63, 3.8) is 0 Å². The third-order valence-corrected chi connectivity index (χ3v) is 1.76. The summed E-state index contributed by atoms with van der Waals surface area (Å²) in [5.41, 5.74) is 0.875. The van der Waals surface area contributed by atoms with Crippen LogP contribution >= 0.6 is 23.2 Å². The summed E-state index contributed by atoms with van der Waals surface area (Å²) in [4.78, 5) is 13.5. The molecule has 0 aliphatic carbocycles. The lowest BCUT2D eigenvalue weighted by atomic mass is 10.2. The van der Waals surface area contributed by atoms with Gasteiger partial charge in [-0.2, -0.15) is 0 Å². The normalized spacial score (nSPS) is 9.69. The maximum atomic E-state index is 9.72. The van der Waals surface area contributed by atoms with E-state index in [4.69, 9.17) is 23.2 Å². The number of carbonyl (C=O) groups excluding carboxylic acids is 1. The predicted molar refractivity (Wildman–Crippen MR) is 49.6 cm³/mol. The van der Waals surface area contributed by atoms with Crippen molar-refractivity contribution in [2.24, 2.45) is 0 Å². The number of nitrogens with zero attached hydrogens (tertiary/aromatic N) is 1. The van der Waals surface area contributed by atoms with E-state index in [1.165, 1.54) is 6.47 Å². The van der Waals surface area contributed by atoms with Gasteiger partial charge < -0.3 is 4.74 Å². The molecule has 1 heterocycles. The standard InChI is InChI=1S/C8H6Cl2NO2/c9-7-3-6(1-2-13-5-12)4-8(10)11-7/h3-4H,1-2H2. The van der Waals surface area contributed by atoms with Crippen LogP contribution in [-0.2, 0) is 16.0 Å². The summed E-state index contributed by atoms with van der Waals surface area (Å²) in [5, 5.41) is 0.662. The van der Waals surface area contributed by atoms with Gasteiger partial charge in [-0.15, -0.1) is 0 Å².